The Balaban J connectivity index is 2.01. The average Bonchev–Trinajstić information content (AvgIpc) is 2.54. The summed E-state index contributed by atoms with van der Waals surface area (Å²) in [6.45, 7) is 0. The highest BCUT2D eigenvalue weighted by Crippen LogP contribution is 2.29. The number of nitrogens with zero attached hydrogens (tertiary/aromatic N) is 2. The molecule has 0 aliphatic carbocycles. The van der Waals surface area contributed by atoms with E-state index in [9.17, 15) is 0 Å². The van der Waals surface area contributed by atoms with Crippen molar-refractivity contribution in [1.82, 2.24) is 9.97 Å². The predicted octanol–water partition coefficient (Wildman–Crippen LogP) is 4.45. The van der Waals surface area contributed by atoms with Crippen molar-refractivity contribution in [3.8, 4) is 11.1 Å². The lowest BCUT2D eigenvalue weighted by atomic mass is 9.98. The van der Waals surface area contributed by atoms with Crippen LogP contribution in [0.4, 0.5) is 0 Å². The van der Waals surface area contributed by atoms with Gasteiger partial charge in [-0.15, -0.1) is 0 Å². The SMILES string of the molecule is c1ccc2c(-c3ccc4nccnc4c3)cccc2c1. The van der Waals surface area contributed by atoms with Gasteiger partial charge in [-0.1, -0.05) is 48.5 Å². The van der Waals surface area contributed by atoms with Crippen LogP contribution in [0, 0.1) is 0 Å². The Morgan fingerprint density at radius 1 is 0.650 bits per heavy atom. The van der Waals surface area contributed by atoms with Gasteiger partial charge in [0, 0.05) is 12.4 Å². The summed E-state index contributed by atoms with van der Waals surface area (Å²) >= 11 is 0. The second-order valence-corrected chi connectivity index (χ2v) is 4.79. The minimum atomic E-state index is 0.927. The number of benzene rings is 3. The predicted molar refractivity (Wildman–Crippen MR) is 82.5 cm³/mol. The molecule has 2 heteroatoms. The maximum atomic E-state index is 4.38. The summed E-state index contributed by atoms with van der Waals surface area (Å²) in [7, 11) is 0. The van der Waals surface area contributed by atoms with Crippen molar-refractivity contribution in [3.05, 3.63) is 73.1 Å². The molecule has 2 nitrogen and oxygen atoms in total. The number of aromatic nitrogens is 2. The number of fused-ring (bicyclic) bond motifs is 2. The van der Waals surface area contributed by atoms with Gasteiger partial charge in [-0.05, 0) is 34.0 Å². The molecule has 0 saturated carbocycles. The monoisotopic (exact) mass is 256 g/mol. The van der Waals surface area contributed by atoms with E-state index in [0.717, 1.165) is 11.0 Å². The Bertz CT molecular complexity index is 908. The molecule has 4 rings (SSSR count). The highest BCUT2D eigenvalue weighted by atomic mass is 14.8. The first-order valence-corrected chi connectivity index (χ1v) is 6.61. The second kappa shape index (κ2) is 4.42. The smallest absolute Gasteiger partial charge is 0.0892 e. The summed E-state index contributed by atoms with van der Waals surface area (Å²) < 4.78 is 0. The molecule has 94 valence electrons. The molecule has 0 N–H and O–H groups in total. The van der Waals surface area contributed by atoms with Crippen molar-refractivity contribution in [1.29, 1.82) is 0 Å². The maximum absolute atomic E-state index is 4.38. The summed E-state index contributed by atoms with van der Waals surface area (Å²) in [4.78, 5) is 8.70. The quantitative estimate of drug-likeness (QED) is 0.503. The van der Waals surface area contributed by atoms with Gasteiger partial charge in [-0.3, -0.25) is 9.97 Å². The minimum Gasteiger partial charge on any atom is -0.253 e. The van der Waals surface area contributed by atoms with Gasteiger partial charge in [0.25, 0.3) is 0 Å². The fourth-order valence-electron chi connectivity index (χ4n) is 2.61. The van der Waals surface area contributed by atoms with Crippen LogP contribution in [0.25, 0.3) is 32.9 Å². The van der Waals surface area contributed by atoms with Gasteiger partial charge in [0.2, 0.25) is 0 Å². The Morgan fingerprint density at radius 2 is 1.45 bits per heavy atom. The summed E-state index contributed by atoms with van der Waals surface area (Å²) in [6.07, 6.45) is 3.45. The van der Waals surface area contributed by atoms with Crippen molar-refractivity contribution in [2.75, 3.05) is 0 Å². The highest BCUT2D eigenvalue weighted by Gasteiger charge is 2.04. The maximum Gasteiger partial charge on any atom is 0.0892 e. The number of rotatable bonds is 1. The van der Waals surface area contributed by atoms with Gasteiger partial charge in [0.1, 0.15) is 0 Å². The first-order chi connectivity index (χ1) is 9.92. The van der Waals surface area contributed by atoms with Gasteiger partial charge >= 0.3 is 0 Å². The van der Waals surface area contributed by atoms with E-state index >= 15 is 0 Å². The van der Waals surface area contributed by atoms with E-state index < -0.39 is 0 Å². The largest absolute Gasteiger partial charge is 0.253 e. The van der Waals surface area contributed by atoms with Crippen LogP contribution in [0.1, 0.15) is 0 Å². The molecule has 0 radical (unpaired) electrons. The molecule has 0 fully saturated rings. The first kappa shape index (κ1) is 11.1. The molecular formula is C18H12N2. The second-order valence-electron chi connectivity index (χ2n) is 4.79. The first-order valence-electron chi connectivity index (χ1n) is 6.61. The summed E-state index contributed by atoms with van der Waals surface area (Å²) in [5, 5.41) is 2.52. The Labute approximate surface area is 116 Å². The van der Waals surface area contributed by atoms with E-state index in [2.05, 4.69) is 64.6 Å². The summed E-state index contributed by atoms with van der Waals surface area (Å²) in [5.74, 6) is 0. The van der Waals surface area contributed by atoms with Crippen LogP contribution < -0.4 is 0 Å². The van der Waals surface area contributed by atoms with Crippen LogP contribution in [-0.4, -0.2) is 9.97 Å². The van der Waals surface area contributed by atoms with E-state index in [4.69, 9.17) is 0 Å². The highest BCUT2D eigenvalue weighted by molar-refractivity contribution is 5.98. The third-order valence-electron chi connectivity index (χ3n) is 3.57. The van der Waals surface area contributed by atoms with Crippen LogP contribution in [-0.2, 0) is 0 Å². The van der Waals surface area contributed by atoms with E-state index in [1.165, 1.54) is 21.9 Å². The van der Waals surface area contributed by atoms with Gasteiger partial charge in [-0.2, -0.15) is 0 Å². The van der Waals surface area contributed by atoms with Crippen LogP contribution in [0.3, 0.4) is 0 Å². The summed E-state index contributed by atoms with van der Waals surface area (Å²) in [5.41, 5.74) is 4.26. The normalized spacial score (nSPS) is 11.0. The third-order valence-corrected chi connectivity index (χ3v) is 3.57. The van der Waals surface area contributed by atoms with Crippen LogP contribution in [0.15, 0.2) is 73.1 Å². The molecule has 0 unspecified atom stereocenters. The van der Waals surface area contributed by atoms with E-state index in [-0.39, 0.29) is 0 Å². The topological polar surface area (TPSA) is 25.8 Å². The van der Waals surface area contributed by atoms with E-state index in [0.29, 0.717) is 0 Å². The molecule has 1 heterocycles. The lowest BCUT2D eigenvalue weighted by molar-refractivity contribution is 1.29. The number of hydrogen-bond acceptors (Lipinski definition) is 2. The van der Waals surface area contributed by atoms with Crippen LogP contribution >= 0.6 is 0 Å². The molecule has 0 amide bonds. The molecule has 1 aromatic heterocycles. The molecule has 3 aromatic carbocycles. The van der Waals surface area contributed by atoms with Gasteiger partial charge < -0.3 is 0 Å². The van der Waals surface area contributed by atoms with Gasteiger partial charge in [0.15, 0.2) is 0 Å². The fourth-order valence-corrected chi connectivity index (χ4v) is 2.61. The molecule has 4 aromatic rings. The number of hydrogen-bond donors (Lipinski definition) is 0. The lowest BCUT2D eigenvalue weighted by Gasteiger charge is -2.07. The minimum absolute atomic E-state index is 0.927. The summed E-state index contributed by atoms with van der Waals surface area (Å²) in [6, 6.07) is 21.1. The molecule has 20 heavy (non-hydrogen) atoms. The van der Waals surface area contributed by atoms with Crippen molar-refractivity contribution < 1.29 is 0 Å². The molecule has 0 saturated heterocycles. The van der Waals surface area contributed by atoms with Gasteiger partial charge in [-0.25, -0.2) is 0 Å². The zero-order valence-electron chi connectivity index (χ0n) is 10.8. The third kappa shape index (κ3) is 1.74. The molecule has 0 atom stereocenters. The molecule has 0 spiro atoms. The molecular weight excluding hydrogens is 244 g/mol. The Hall–Kier alpha value is -2.74. The van der Waals surface area contributed by atoms with Crippen molar-refractivity contribution in [3.63, 3.8) is 0 Å². The van der Waals surface area contributed by atoms with Crippen LogP contribution in [0.5, 0.6) is 0 Å². The van der Waals surface area contributed by atoms with Crippen LogP contribution in [0.2, 0.25) is 0 Å². The lowest BCUT2D eigenvalue weighted by Crippen LogP contribution is -1.85. The standard InChI is InChI=1S/C18H12N2/c1-2-6-15-13(4-1)5-3-7-16(15)14-8-9-17-18(12-14)20-11-10-19-17/h1-12H. The van der Waals surface area contributed by atoms with Gasteiger partial charge in [0.05, 0.1) is 11.0 Å². The van der Waals surface area contributed by atoms with Crippen molar-refractivity contribution in [2.45, 2.75) is 0 Å². The molecule has 0 aliphatic heterocycles. The van der Waals surface area contributed by atoms with Crippen molar-refractivity contribution in [2.24, 2.45) is 0 Å². The fraction of sp³-hybridized carbons (Fsp3) is 0. The zero-order chi connectivity index (χ0) is 13.4. The van der Waals surface area contributed by atoms with E-state index in [1.807, 2.05) is 6.07 Å². The Kier molecular flexibility index (Phi) is 2.46. The van der Waals surface area contributed by atoms with E-state index in [1.54, 1.807) is 12.4 Å². The molecule has 0 bridgehead atoms. The molecule has 0 aliphatic rings. The van der Waals surface area contributed by atoms with Crippen molar-refractivity contribution >= 4 is 21.8 Å². The zero-order valence-corrected chi connectivity index (χ0v) is 10.8. The average molecular weight is 256 g/mol. The Morgan fingerprint density at radius 3 is 2.40 bits per heavy atom.